The van der Waals surface area contributed by atoms with E-state index in [4.69, 9.17) is 10.7 Å². The van der Waals surface area contributed by atoms with Crippen molar-refractivity contribution in [1.82, 2.24) is 15.3 Å². The Labute approximate surface area is 172 Å². The molecule has 7 nitrogen and oxygen atoms in total. The zero-order valence-corrected chi connectivity index (χ0v) is 17.0. The molecule has 1 aliphatic heterocycles. The van der Waals surface area contributed by atoms with Crippen molar-refractivity contribution in [2.24, 2.45) is 5.92 Å². The Balaban J connectivity index is 0.00000145. The summed E-state index contributed by atoms with van der Waals surface area (Å²) in [7, 11) is 0. The monoisotopic (exact) mass is 392 g/mol. The first-order valence-electron chi connectivity index (χ1n) is 10.0. The molecule has 1 aliphatic rings. The lowest BCUT2D eigenvalue weighted by Crippen LogP contribution is -2.42. The summed E-state index contributed by atoms with van der Waals surface area (Å²) in [5.41, 5.74) is 1.35. The second kappa shape index (κ2) is 11.5. The van der Waals surface area contributed by atoms with Gasteiger partial charge < -0.3 is 15.6 Å². The Kier molecular flexibility index (Phi) is 8.77. The van der Waals surface area contributed by atoms with Gasteiger partial charge in [-0.1, -0.05) is 44.2 Å². The van der Waals surface area contributed by atoms with Crippen LogP contribution in [0.1, 0.15) is 50.4 Å². The van der Waals surface area contributed by atoms with Gasteiger partial charge in [-0.15, -0.1) is 0 Å². The van der Waals surface area contributed by atoms with Crippen LogP contribution in [0.2, 0.25) is 0 Å². The molecule has 0 aliphatic carbocycles. The zero-order chi connectivity index (χ0) is 21.1. The number of carbonyl (C=O) groups is 1. The maximum atomic E-state index is 12.7. The number of piperidine rings is 1. The summed E-state index contributed by atoms with van der Waals surface area (Å²) in [5.74, 6) is 0.494. The molecule has 0 saturated carbocycles. The van der Waals surface area contributed by atoms with Gasteiger partial charge in [0.15, 0.2) is 0 Å². The van der Waals surface area contributed by atoms with E-state index >= 15 is 0 Å². The summed E-state index contributed by atoms with van der Waals surface area (Å²) in [6.07, 6.45) is 4.81. The van der Waals surface area contributed by atoms with Gasteiger partial charge in [0.1, 0.15) is 11.8 Å². The average Bonchev–Trinajstić information content (AvgIpc) is 2.81. The fraction of sp³-hybridized carbons (Fsp3) is 0.409. The summed E-state index contributed by atoms with van der Waals surface area (Å²) in [6.45, 7) is 5.35. The molecule has 1 aromatic heterocycles. The van der Waals surface area contributed by atoms with Gasteiger partial charge in [-0.3, -0.25) is 4.79 Å². The van der Waals surface area contributed by atoms with Gasteiger partial charge >= 0.3 is 0 Å². The van der Waals surface area contributed by atoms with Crippen molar-refractivity contribution in [1.29, 1.82) is 10.7 Å². The fourth-order valence-corrected chi connectivity index (χ4v) is 3.28. The van der Waals surface area contributed by atoms with E-state index in [0.29, 0.717) is 44.0 Å². The van der Waals surface area contributed by atoms with E-state index < -0.39 is 0 Å². The highest BCUT2D eigenvalue weighted by atomic mass is 16.1. The zero-order valence-electron chi connectivity index (χ0n) is 17.0. The van der Waals surface area contributed by atoms with E-state index in [1.807, 2.05) is 55.1 Å². The van der Waals surface area contributed by atoms with Crippen LogP contribution in [0.25, 0.3) is 0 Å². The SMILES string of the molecule is CC.N#Cc1ccnc(N2CCC(C(=O)NC(CC=N)c3ccccc3)CC2)n1. The fourth-order valence-electron chi connectivity index (χ4n) is 3.28. The Morgan fingerprint density at radius 2 is 2.00 bits per heavy atom. The summed E-state index contributed by atoms with van der Waals surface area (Å²) in [6, 6.07) is 13.2. The standard InChI is InChI=1S/C20H22N6O.C2H6/c21-10-6-18(15-4-2-1-3-5-15)25-19(27)16-8-12-26(13-9-16)20-23-11-7-17(14-22)24-20;1-2/h1-5,7,10-11,16,18,21H,6,8-9,12-13H2,(H,25,27);1-2H3. The molecule has 0 spiro atoms. The normalized spacial score (nSPS) is 14.7. The van der Waals surface area contributed by atoms with E-state index in [1.165, 1.54) is 6.21 Å². The minimum atomic E-state index is -0.176. The lowest BCUT2D eigenvalue weighted by Gasteiger charge is -2.32. The first kappa shape index (κ1) is 22.0. The van der Waals surface area contributed by atoms with E-state index in [1.54, 1.807) is 12.3 Å². The minimum Gasteiger partial charge on any atom is -0.349 e. The minimum absolute atomic E-state index is 0.0250. The molecule has 0 radical (unpaired) electrons. The van der Waals surface area contributed by atoms with E-state index in [0.717, 1.165) is 5.56 Å². The van der Waals surface area contributed by atoms with E-state index in [-0.39, 0.29) is 17.9 Å². The van der Waals surface area contributed by atoms with Crippen molar-refractivity contribution in [3.05, 3.63) is 53.9 Å². The summed E-state index contributed by atoms with van der Waals surface area (Å²) in [4.78, 5) is 23.2. The number of nitrogens with one attached hydrogen (secondary N) is 2. The number of nitriles is 1. The second-order valence-electron chi connectivity index (χ2n) is 6.53. The number of benzene rings is 1. The smallest absolute Gasteiger partial charge is 0.226 e. The largest absolute Gasteiger partial charge is 0.349 e. The number of hydrogen-bond acceptors (Lipinski definition) is 6. The third-order valence-electron chi connectivity index (χ3n) is 4.78. The van der Waals surface area contributed by atoms with Crippen molar-refractivity contribution in [3.8, 4) is 6.07 Å². The molecule has 1 fully saturated rings. The van der Waals surface area contributed by atoms with Crippen LogP contribution < -0.4 is 10.2 Å². The van der Waals surface area contributed by atoms with Gasteiger partial charge in [0.25, 0.3) is 0 Å². The molecule has 2 aromatic rings. The molecular formula is C22H28N6O. The molecule has 7 heteroatoms. The van der Waals surface area contributed by atoms with Crippen LogP contribution in [0.15, 0.2) is 42.6 Å². The van der Waals surface area contributed by atoms with E-state index in [2.05, 4.69) is 15.3 Å². The highest BCUT2D eigenvalue weighted by Gasteiger charge is 2.27. The van der Waals surface area contributed by atoms with E-state index in [9.17, 15) is 4.79 Å². The lowest BCUT2D eigenvalue weighted by molar-refractivity contribution is -0.126. The van der Waals surface area contributed by atoms with Crippen LogP contribution in [0, 0.1) is 22.7 Å². The van der Waals surface area contributed by atoms with Gasteiger partial charge in [-0.05, 0) is 30.7 Å². The van der Waals surface area contributed by atoms with Crippen LogP contribution in [-0.2, 0) is 4.79 Å². The molecule has 1 atom stereocenters. The summed E-state index contributed by atoms with van der Waals surface area (Å²) >= 11 is 0. The Hall–Kier alpha value is -3.27. The number of nitrogens with zero attached hydrogens (tertiary/aromatic N) is 4. The van der Waals surface area contributed by atoms with Crippen molar-refractivity contribution in [3.63, 3.8) is 0 Å². The quantitative estimate of drug-likeness (QED) is 0.732. The van der Waals surface area contributed by atoms with Crippen LogP contribution >= 0.6 is 0 Å². The third-order valence-corrected chi connectivity index (χ3v) is 4.78. The maximum Gasteiger partial charge on any atom is 0.226 e. The molecular weight excluding hydrogens is 364 g/mol. The van der Waals surface area contributed by atoms with Crippen LogP contribution in [0.5, 0.6) is 0 Å². The number of hydrogen-bond donors (Lipinski definition) is 2. The molecule has 29 heavy (non-hydrogen) atoms. The predicted octanol–water partition coefficient (Wildman–Crippen LogP) is 3.49. The Morgan fingerprint density at radius 3 is 2.62 bits per heavy atom. The molecule has 1 unspecified atom stereocenters. The maximum absolute atomic E-state index is 12.7. The molecule has 1 amide bonds. The lowest BCUT2D eigenvalue weighted by atomic mass is 9.94. The number of aromatic nitrogens is 2. The highest BCUT2D eigenvalue weighted by Crippen LogP contribution is 2.23. The highest BCUT2D eigenvalue weighted by molar-refractivity contribution is 5.79. The van der Waals surface area contributed by atoms with Crippen molar-refractivity contribution >= 4 is 18.1 Å². The van der Waals surface area contributed by atoms with Gasteiger partial charge in [0.2, 0.25) is 11.9 Å². The molecule has 3 rings (SSSR count). The van der Waals surface area contributed by atoms with Crippen LogP contribution in [0.4, 0.5) is 5.95 Å². The van der Waals surface area contributed by atoms with Gasteiger partial charge in [-0.25, -0.2) is 9.97 Å². The van der Waals surface area contributed by atoms with Crippen molar-refractivity contribution in [2.45, 2.75) is 39.2 Å². The molecule has 2 heterocycles. The van der Waals surface area contributed by atoms with Gasteiger partial charge in [-0.2, -0.15) is 5.26 Å². The molecule has 152 valence electrons. The molecule has 0 bridgehead atoms. The Bertz CT molecular complexity index is 825. The van der Waals surface area contributed by atoms with Crippen LogP contribution in [0.3, 0.4) is 0 Å². The van der Waals surface area contributed by atoms with Crippen LogP contribution in [-0.4, -0.2) is 35.2 Å². The van der Waals surface area contributed by atoms with Crippen molar-refractivity contribution in [2.75, 3.05) is 18.0 Å². The van der Waals surface area contributed by atoms with Crippen molar-refractivity contribution < 1.29 is 4.79 Å². The summed E-state index contributed by atoms with van der Waals surface area (Å²) in [5, 5.41) is 19.5. The molecule has 2 N–H and O–H groups in total. The second-order valence-corrected chi connectivity index (χ2v) is 6.53. The predicted molar refractivity (Wildman–Crippen MR) is 114 cm³/mol. The summed E-state index contributed by atoms with van der Waals surface area (Å²) < 4.78 is 0. The van der Waals surface area contributed by atoms with Gasteiger partial charge in [0, 0.05) is 31.6 Å². The topological polar surface area (TPSA) is 106 Å². The first-order chi connectivity index (χ1) is 14.2. The first-order valence-corrected chi connectivity index (χ1v) is 10.0. The molecule has 1 aromatic carbocycles. The molecule has 1 saturated heterocycles. The number of anilines is 1. The average molecular weight is 393 g/mol. The number of amides is 1. The van der Waals surface area contributed by atoms with Gasteiger partial charge in [0.05, 0.1) is 6.04 Å². The third kappa shape index (κ3) is 6.11. The number of rotatable bonds is 6. The number of carbonyl (C=O) groups excluding carboxylic acids is 1. The Morgan fingerprint density at radius 1 is 1.31 bits per heavy atom.